The monoisotopic (exact) mass is 636 g/mol. The van der Waals surface area contributed by atoms with Gasteiger partial charge in [-0.3, -0.25) is 28.8 Å². The normalized spacial score (nSPS) is 33.6. The second-order valence-electron chi connectivity index (χ2n) is 10.0. The molecule has 226 valence electrons. The number of ether oxygens (including phenoxy) is 7. The average molecular weight is 637 g/mol. The molecule has 0 aliphatic heterocycles. The summed E-state index contributed by atoms with van der Waals surface area (Å²) in [6.45, 7) is 8.89. The molecule has 2 rings (SSSR count). The van der Waals surface area contributed by atoms with Crippen LogP contribution in [0.3, 0.4) is 0 Å². The fraction of sp³-hybridized carbons (Fsp3) is 0.769. The Morgan fingerprint density at radius 3 is 1.40 bits per heavy atom. The molecule has 0 aromatic rings. The zero-order chi connectivity index (χ0) is 30.3. The minimum atomic E-state index is -1.14. The van der Waals surface area contributed by atoms with Gasteiger partial charge in [-0.25, -0.2) is 0 Å². The van der Waals surface area contributed by atoms with Crippen LogP contribution < -0.4 is 0 Å². The van der Waals surface area contributed by atoms with E-state index in [0.717, 1.165) is 0 Å². The number of hydrogen-bond acceptors (Lipinski definition) is 13. The van der Waals surface area contributed by atoms with Crippen LogP contribution in [0, 0.1) is 11.8 Å². The van der Waals surface area contributed by atoms with Gasteiger partial charge in [-0.15, -0.1) is 0 Å². The molecule has 0 amide bonds. The van der Waals surface area contributed by atoms with Gasteiger partial charge in [-0.1, -0.05) is 22.9 Å². The van der Waals surface area contributed by atoms with Gasteiger partial charge < -0.3 is 33.2 Å². The summed E-state index contributed by atoms with van der Waals surface area (Å²) in [7, 11) is 0. The molecule has 0 radical (unpaired) electrons. The SMILES string of the molecule is CC(=O)O[C@@H]1[C@@H](OC(C)=O)[C@H](C)C[C@@H](OC[C@H]2C[C@H](Br)[C@H](OC(C)=O)[C@@H](OC(C)=O)[C@@H]2OC(C)=O)[C@@H]1OC(C)=O. The van der Waals surface area contributed by atoms with Crippen molar-refractivity contribution in [3.63, 3.8) is 0 Å². The molecular weight excluding hydrogens is 600 g/mol. The Bertz CT molecular complexity index is 892. The molecule has 0 spiro atoms. The van der Waals surface area contributed by atoms with Crippen molar-refractivity contribution in [1.29, 1.82) is 0 Å². The topological polar surface area (TPSA) is 167 Å². The lowest BCUT2D eigenvalue weighted by atomic mass is 9.80. The van der Waals surface area contributed by atoms with Crippen LogP contribution in [0.1, 0.15) is 61.3 Å². The Morgan fingerprint density at radius 1 is 0.550 bits per heavy atom. The Labute approximate surface area is 240 Å². The molecule has 2 aliphatic rings. The molecule has 0 unspecified atom stereocenters. The minimum absolute atomic E-state index is 0.0647. The van der Waals surface area contributed by atoms with E-state index in [-0.39, 0.29) is 25.4 Å². The van der Waals surface area contributed by atoms with Crippen molar-refractivity contribution in [2.24, 2.45) is 11.8 Å². The van der Waals surface area contributed by atoms with E-state index in [2.05, 4.69) is 15.9 Å². The molecule has 0 N–H and O–H groups in total. The summed E-state index contributed by atoms with van der Waals surface area (Å²) >= 11 is 3.50. The number of halogens is 1. The molecule has 2 aliphatic carbocycles. The van der Waals surface area contributed by atoms with Gasteiger partial charge in [0.15, 0.2) is 24.4 Å². The van der Waals surface area contributed by atoms with E-state index < -0.39 is 89.3 Å². The molecule has 0 aromatic heterocycles. The molecular formula is C26H37BrO13. The third-order valence-electron chi connectivity index (χ3n) is 6.51. The summed E-state index contributed by atoms with van der Waals surface area (Å²) in [6, 6.07) is 0. The van der Waals surface area contributed by atoms with Gasteiger partial charge in [0.25, 0.3) is 0 Å². The molecule has 0 saturated heterocycles. The summed E-state index contributed by atoms with van der Waals surface area (Å²) in [5.74, 6) is -4.77. The lowest BCUT2D eigenvalue weighted by Gasteiger charge is -2.45. The predicted molar refractivity (Wildman–Crippen MR) is 138 cm³/mol. The van der Waals surface area contributed by atoms with Crippen LogP contribution in [0.25, 0.3) is 0 Å². The quantitative estimate of drug-likeness (QED) is 0.204. The van der Waals surface area contributed by atoms with Crippen LogP contribution in [-0.2, 0) is 61.9 Å². The predicted octanol–water partition coefficient (Wildman–Crippen LogP) is 1.79. The molecule has 10 atom stereocenters. The fourth-order valence-electron chi connectivity index (χ4n) is 5.20. The maximum Gasteiger partial charge on any atom is 0.303 e. The van der Waals surface area contributed by atoms with Gasteiger partial charge in [-0.2, -0.15) is 0 Å². The van der Waals surface area contributed by atoms with Gasteiger partial charge in [0.1, 0.15) is 12.2 Å². The number of hydrogen-bond donors (Lipinski definition) is 0. The highest BCUT2D eigenvalue weighted by Crippen LogP contribution is 2.38. The lowest BCUT2D eigenvalue weighted by molar-refractivity contribution is -0.223. The molecule has 14 heteroatoms. The highest BCUT2D eigenvalue weighted by atomic mass is 79.9. The van der Waals surface area contributed by atoms with E-state index in [1.54, 1.807) is 6.92 Å². The summed E-state index contributed by atoms with van der Waals surface area (Å²) in [4.78, 5) is 70.9. The second-order valence-corrected chi connectivity index (χ2v) is 11.2. The highest BCUT2D eigenvalue weighted by Gasteiger charge is 2.52. The minimum Gasteiger partial charge on any atom is -0.458 e. The first-order chi connectivity index (χ1) is 18.6. The van der Waals surface area contributed by atoms with E-state index >= 15 is 0 Å². The molecule has 2 saturated carbocycles. The summed E-state index contributed by atoms with van der Waals surface area (Å²) in [6.07, 6.45) is -6.50. The Kier molecular flexibility index (Phi) is 12.4. The van der Waals surface area contributed by atoms with Gasteiger partial charge >= 0.3 is 35.8 Å². The number of alkyl halides is 1. The molecule has 40 heavy (non-hydrogen) atoms. The standard InChI is InChI=1S/C26H37BrO13/c1-11-8-20(24(38-15(5)31)25(39-16(6)32)21(11)35-12(2)28)34-10-18-9-19(27)23(37-14(4)30)26(40-17(7)33)22(18)36-13(3)29/h11,18-26H,8-10H2,1-7H3/t11-,18-,19+,20-,21+,22-,23+,24+,25-,26+/m1/s1. The largest absolute Gasteiger partial charge is 0.458 e. The maximum atomic E-state index is 12.0. The Balaban J connectivity index is 2.38. The fourth-order valence-corrected chi connectivity index (χ4v) is 6.09. The van der Waals surface area contributed by atoms with Crippen LogP contribution in [0.4, 0.5) is 0 Å². The number of esters is 6. The molecule has 0 bridgehead atoms. The van der Waals surface area contributed by atoms with Crippen molar-refractivity contribution in [3.8, 4) is 0 Å². The summed E-state index contributed by atoms with van der Waals surface area (Å²) in [5.41, 5.74) is 0. The van der Waals surface area contributed by atoms with E-state index in [9.17, 15) is 28.8 Å². The van der Waals surface area contributed by atoms with Crippen LogP contribution in [0.5, 0.6) is 0 Å². The molecule has 2 fully saturated rings. The van der Waals surface area contributed by atoms with Crippen LogP contribution in [0.2, 0.25) is 0 Å². The van der Waals surface area contributed by atoms with Gasteiger partial charge in [0.05, 0.1) is 17.5 Å². The summed E-state index contributed by atoms with van der Waals surface area (Å²) < 4.78 is 39.0. The molecule has 13 nitrogen and oxygen atoms in total. The van der Waals surface area contributed by atoms with Gasteiger partial charge in [0.2, 0.25) is 0 Å². The van der Waals surface area contributed by atoms with Crippen LogP contribution in [-0.4, -0.2) is 90.0 Å². The highest BCUT2D eigenvalue weighted by molar-refractivity contribution is 9.09. The zero-order valence-electron chi connectivity index (χ0n) is 23.6. The molecule has 0 heterocycles. The summed E-state index contributed by atoms with van der Waals surface area (Å²) in [5, 5.41) is 0. The third kappa shape index (κ3) is 9.43. The second kappa shape index (κ2) is 14.8. The Hall–Kier alpha value is -2.74. The first-order valence-electron chi connectivity index (χ1n) is 12.9. The van der Waals surface area contributed by atoms with Gasteiger partial charge in [-0.05, 0) is 18.8 Å². The average Bonchev–Trinajstić information content (AvgIpc) is 2.79. The van der Waals surface area contributed by atoms with Crippen molar-refractivity contribution < 1.29 is 61.9 Å². The van der Waals surface area contributed by atoms with E-state index in [4.69, 9.17) is 33.2 Å². The number of carbonyl (C=O) groups is 6. The van der Waals surface area contributed by atoms with Crippen molar-refractivity contribution in [2.45, 2.75) is 109 Å². The smallest absolute Gasteiger partial charge is 0.303 e. The van der Waals surface area contributed by atoms with Crippen LogP contribution in [0.15, 0.2) is 0 Å². The molecule has 0 aromatic carbocycles. The van der Waals surface area contributed by atoms with Crippen molar-refractivity contribution in [1.82, 2.24) is 0 Å². The maximum absolute atomic E-state index is 12.0. The lowest BCUT2D eigenvalue weighted by Crippen LogP contribution is -2.59. The van der Waals surface area contributed by atoms with Crippen molar-refractivity contribution in [3.05, 3.63) is 0 Å². The van der Waals surface area contributed by atoms with Crippen molar-refractivity contribution >= 4 is 51.7 Å². The van der Waals surface area contributed by atoms with E-state index in [0.29, 0.717) is 0 Å². The third-order valence-corrected chi connectivity index (χ3v) is 7.41. The van der Waals surface area contributed by atoms with Gasteiger partial charge in [0, 0.05) is 47.5 Å². The first kappa shape index (κ1) is 33.5. The zero-order valence-corrected chi connectivity index (χ0v) is 25.2. The Morgan fingerprint density at radius 2 is 0.925 bits per heavy atom. The van der Waals surface area contributed by atoms with E-state index in [1.807, 2.05) is 0 Å². The van der Waals surface area contributed by atoms with Crippen LogP contribution >= 0.6 is 15.9 Å². The van der Waals surface area contributed by atoms with E-state index in [1.165, 1.54) is 41.5 Å². The van der Waals surface area contributed by atoms with Crippen molar-refractivity contribution in [2.75, 3.05) is 6.61 Å². The number of rotatable bonds is 9. The number of carbonyl (C=O) groups excluding carboxylic acids is 6. The first-order valence-corrected chi connectivity index (χ1v) is 13.8.